The molecule has 9 heteroatoms. The highest BCUT2D eigenvalue weighted by Crippen LogP contribution is 2.24. The molecule has 1 heterocycles. The fourth-order valence-electron chi connectivity index (χ4n) is 2.69. The Labute approximate surface area is 176 Å². The van der Waals surface area contributed by atoms with Crippen LogP contribution in [0.3, 0.4) is 0 Å². The molecule has 0 aliphatic rings. The lowest BCUT2D eigenvalue weighted by atomic mass is 10.1. The van der Waals surface area contributed by atoms with Gasteiger partial charge < -0.3 is 20.2 Å². The summed E-state index contributed by atoms with van der Waals surface area (Å²) in [5.41, 5.74) is 8.73. The highest BCUT2D eigenvalue weighted by Gasteiger charge is 2.13. The van der Waals surface area contributed by atoms with Gasteiger partial charge in [-0.3, -0.25) is 4.79 Å². The first-order chi connectivity index (χ1) is 14.0. The first kappa shape index (κ1) is 21.1. The molecule has 1 unspecified atom stereocenters. The van der Waals surface area contributed by atoms with Gasteiger partial charge in [0, 0.05) is 10.8 Å². The van der Waals surface area contributed by atoms with Crippen LogP contribution in [-0.4, -0.2) is 40.1 Å². The molecule has 1 atom stereocenters. The Kier molecular flexibility index (Phi) is 7.05. The molecule has 0 saturated carbocycles. The smallest absolute Gasteiger partial charge is 0.433 e. The summed E-state index contributed by atoms with van der Waals surface area (Å²) in [6, 6.07) is 12.7. The lowest BCUT2D eigenvalue weighted by Crippen LogP contribution is -2.14. The van der Waals surface area contributed by atoms with Crippen LogP contribution in [0.4, 0.5) is 4.79 Å². The number of hydrogen-bond donors (Lipinski definition) is 2. The molecule has 1 amide bonds. The molecule has 0 aliphatic carbocycles. The molecule has 0 saturated heterocycles. The average molecular weight is 432 g/mol. The Morgan fingerprint density at radius 2 is 1.93 bits per heavy atom. The van der Waals surface area contributed by atoms with Crippen LogP contribution in [0.5, 0.6) is 0 Å². The number of nitrogens with zero attached hydrogens (tertiary/aromatic N) is 1. The molecule has 29 heavy (non-hydrogen) atoms. The van der Waals surface area contributed by atoms with Gasteiger partial charge in [0.2, 0.25) is 0 Å². The predicted molar refractivity (Wildman–Crippen MR) is 117 cm³/mol. The SMILES string of the molecule is CSSC(C)COC(=O)OCc1ccc(-c2nc3c(C(N)=O)cccc3[nH]2)cc1. The molecule has 0 radical (unpaired) electrons. The molecule has 3 aromatic rings. The summed E-state index contributed by atoms with van der Waals surface area (Å²) in [5, 5.41) is 0.204. The summed E-state index contributed by atoms with van der Waals surface area (Å²) in [5.74, 6) is 0.107. The van der Waals surface area contributed by atoms with E-state index in [1.54, 1.807) is 33.7 Å². The van der Waals surface area contributed by atoms with Crippen molar-refractivity contribution >= 4 is 44.7 Å². The first-order valence-corrected chi connectivity index (χ1v) is 11.5. The van der Waals surface area contributed by atoms with Crippen LogP contribution in [0.1, 0.15) is 22.8 Å². The van der Waals surface area contributed by atoms with E-state index in [0.29, 0.717) is 23.5 Å². The van der Waals surface area contributed by atoms with Gasteiger partial charge in [0.25, 0.3) is 5.91 Å². The molecular weight excluding hydrogens is 410 g/mol. The van der Waals surface area contributed by atoms with Crippen LogP contribution in [0, 0.1) is 0 Å². The third-order valence-electron chi connectivity index (χ3n) is 4.06. The van der Waals surface area contributed by atoms with E-state index in [4.69, 9.17) is 15.2 Å². The maximum atomic E-state index is 11.7. The quantitative estimate of drug-likeness (QED) is 0.402. The van der Waals surface area contributed by atoms with E-state index in [-0.39, 0.29) is 11.9 Å². The molecule has 152 valence electrons. The number of amides is 1. The zero-order valence-corrected chi connectivity index (χ0v) is 17.6. The minimum atomic E-state index is -0.682. The Morgan fingerprint density at radius 1 is 1.17 bits per heavy atom. The molecule has 3 N–H and O–H groups in total. The van der Waals surface area contributed by atoms with Gasteiger partial charge in [-0.15, -0.1) is 0 Å². The van der Waals surface area contributed by atoms with Crippen molar-refractivity contribution in [1.29, 1.82) is 0 Å². The zero-order valence-electron chi connectivity index (χ0n) is 16.0. The van der Waals surface area contributed by atoms with Crippen LogP contribution in [-0.2, 0) is 16.1 Å². The van der Waals surface area contributed by atoms with E-state index in [9.17, 15) is 9.59 Å². The van der Waals surface area contributed by atoms with Gasteiger partial charge in [-0.2, -0.15) is 0 Å². The maximum Gasteiger partial charge on any atom is 0.508 e. The number of primary amides is 1. The number of aromatic amines is 1. The number of fused-ring (bicyclic) bond motifs is 1. The predicted octanol–water partition coefficient (Wildman–Crippen LogP) is 4.38. The van der Waals surface area contributed by atoms with Gasteiger partial charge in [-0.25, -0.2) is 9.78 Å². The van der Waals surface area contributed by atoms with Gasteiger partial charge in [0.05, 0.1) is 11.1 Å². The van der Waals surface area contributed by atoms with Crippen LogP contribution in [0.2, 0.25) is 0 Å². The summed E-state index contributed by atoms with van der Waals surface area (Å²) in [7, 11) is 3.27. The zero-order chi connectivity index (χ0) is 20.8. The molecule has 3 rings (SSSR count). The van der Waals surface area contributed by atoms with Crippen molar-refractivity contribution in [2.24, 2.45) is 5.73 Å². The second-order valence-corrected chi connectivity index (χ2v) is 9.18. The van der Waals surface area contributed by atoms with E-state index in [1.807, 2.05) is 43.5 Å². The molecule has 7 nitrogen and oxygen atoms in total. The minimum Gasteiger partial charge on any atom is -0.433 e. The third kappa shape index (κ3) is 5.45. The number of aromatic nitrogens is 2. The first-order valence-electron chi connectivity index (χ1n) is 8.84. The second-order valence-electron chi connectivity index (χ2n) is 6.27. The van der Waals surface area contributed by atoms with Crippen molar-refractivity contribution in [2.45, 2.75) is 18.8 Å². The number of imidazole rings is 1. The number of ether oxygens (including phenoxy) is 2. The molecule has 0 spiro atoms. The van der Waals surface area contributed by atoms with Crippen molar-refractivity contribution < 1.29 is 19.1 Å². The molecular formula is C20H21N3O4S2. The molecule has 0 fully saturated rings. The number of benzene rings is 2. The highest BCUT2D eigenvalue weighted by molar-refractivity contribution is 8.76. The number of para-hydroxylation sites is 1. The van der Waals surface area contributed by atoms with Crippen molar-refractivity contribution in [1.82, 2.24) is 9.97 Å². The lowest BCUT2D eigenvalue weighted by molar-refractivity contribution is 0.0509. The van der Waals surface area contributed by atoms with E-state index >= 15 is 0 Å². The normalized spacial score (nSPS) is 11.9. The Morgan fingerprint density at radius 3 is 2.62 bits per heavy atom. The molecule has 1 aromatic heterocycles. The summed E-state index contributed by atoms with van der Waals surface area (Å²) >= 11 is 0. The Bertz CT molecular complexity index is 1000. The number of carbonyl (C=O) groups is 2. The van der Waals surface area contributed by atoms with E-state index in [1.165, 1.54) is 0 Å². The number of hydrogen-bond acceptors (Lipinski definition) is 7. The van der Waals surface area contributed by atoms with Crippen LogP contribution >= 0.6 is 21.6 Å². The summed E-state index contributed by atoms with van der Waals surface area (Å²) in [6.07, 6.45) is 1.30. The van der Waals surface area contributed by atoms with Crippen molar-refractivity contribution in [3.8, 4) is 11.4 Å². The fourth-order valence-corrected chi connectivity index (χ4v) is 4.29. The monoisotopic (exact) mass is 431 g/mol. The number of nitrogens with one attached hydrogen (secondary N) is 1. The van der Waals surface area contributed by atoms with Crippen molar-refractivity contribution in [3.63, 3.8) is 0 Å². The van der Waals surface area contributed by atoms with Crippen LogP contribution in [0.25, 0.3) is 22.4 Å². The lowest BCUT2D eigenvalue weighted by Gasteiger charge is -2.10. The maximum absolute atomic E-state index is 11.7. The number of carbonyl (C=O) groups excluding carboxylic acids is 2. The minimum absolute atomic E-state index is 0.120. The van der Waals surface area contributed by atoms with Crippen molar-refractivity contribution in [2.75, 3.05) is 12.9 Å². The Balaban J connectivity index is 1.62. The van der Waals surface area contributed by atoms with Gasteiger partial charge in [-0.1, -0.05) is 51.9 Å². The topological polar surface area (TPSA) is 107 Å². The standard InChI is InChI=1S/C20H21N3O4S2/c1-12(29-28-2)10-26-20(25)27-11-13-6-8-14(9-7-13)19-22-16-5-3-4-15(18(21)24)17(16)23-19/h3-9,12H,10-11H2,1-2H3,(H2,21,24)(H,22,23). The largest absolute Gasteiger partial charge is 0.508 e. The molecule has 0 bridgehead atoms. The third-order valence-corrected chi connectivity index (χ3v) is 6.28. The van der Waals surface area contributed by atoms with Gasteiger partial charge in [-0.05, 0) is 30.9 Å². The number of rotatable bonds is 8. The Hall–Kier alpha value is -2.65. The molecule has 0 aliphatic heterocycles. The van der Waals surface area contributed by atoms with Gasteiger partial charge in [0.15, 0.2) is 0 Å². The van der Waals surface area contributed by atoms with Gasteiger partial charge >= 0.3 is 6.16 Å². The number of H-pyrrole nitrogens is 1. The van der Waals surface area contributed by atoms with E-state index in [0.717, 1.165) is 16.6 Å². The number of nitrogens with two attached hydrogens (primary N) is 1. The van der Waals surface area contributed by atoms with E-state index < -0.39 is 12.1 Å². The summed E-state index contributed by atoms with van der Waals surface area (Å²) < 4.78 is 10.2. The van der Waals surface area contributed by atoms with Crippen LogP contribution < -0.4 is 5.73 Å². The second kappa shape index (κ2) is 9.71. The average Bonchev–Trinajstić information content (AvgIpc) is 3.15. The fraction of sp³-hybridized carbons (Fsp3) is 0.250. The van der Waals surface area contributed by atoms with E-state index in [2.05, 4.69) is 9.97 Å². The van der Waals surface area contributed by atoms with Gasteiger partial charge in [0.1, 0.15) is 24.6 Å². The highest BCUT2D eigenvalue weighted by atomic mass is 33.1. The van der Waals surface area contributed by atoms with Crippen molar-refractivity contribution in [3.05, 3.63) is 53.6 Å². The molecule has 2 aromatic carbocycles. The summed E-state index contributed by atoms with van der Waals surface area (Å²) in [4.78, 5) is 30.9. The van der Waals surface area contributed by atoms with Crippen LogP contribution in [0.15, 0.2) is 42.5 Å². The summed E-state index contributed by atoms with van der Waals surface area (Å²) in [6.45, 7) is 2.41.